The molecule has 0 N–H and O–H groups in total. The summed E-state index contributed by atoms with van der Waals surface area (Å²) in [6, 6.07) is 0. The quantitative estimate of drug-likeness (QED) is 0.109. The molecule has 0 aliphatic heterocycles. The highest BCUT2D eigenvalue weighted by atomic mass is 16.6. The number of rotatable bonds is 22. The van der Waals surface area contributed by atoms with Gasteiger partial charge in [-0.1, -0.05) is 87.0 Å². The molecule has 0 unspecified atom stereocenters. The van der Waals surface area contributed by atoms with E-state index in [2.05, 4.69) is 20.8 Å². The van der Waals surface area contributed by atoms with Crippen LogP contribution in [-0.2, 0) is 28.6 Å². The number of unbranched alkanes of at least 4 members (excludes halogenated alkanes) is 3. The van der Waals surface area contributed by atoms with E-state index in [0.717, 1.165) is 77.0 Å². The Balaban J connectivity index is 5.48. The van der Waals surface area contributed by atoms with Crippen LogP contribution in [-0.4, -0.2) is 37.7 Å². The molecule has 0 amide bonds. The molecule has 0 aliphatic rings. The lowest BCUT2D eigenvalue weighted by molar-refractivity contribution is -0.168. The molecule has 3 atom stereocenters. The molecule has 0 aromatic heterocycles. The minimum absolute atomic E-state index is 0.0724. The zero-order valence-corrected chi connectivity index (χ0v) is 24.5. The largest absolute Gasteiger partial charge is 0.465 e. The van der Waals surface area contributed by atoms with Crippen LogP contribution in [0.15, 0.2) is 0 Å². The SMILES string of the molecule is CCCC[C@H](CC)C(=O)OCC(CC)(COC(=O)[C@@H](CC)CCCC)COC(=O)[C@@H](CC)CCCC. The van der Waals surface area contributed by atoms with Gasteiger partial charge >= 0.3 is 17.9 Å². The number of hydrogen-bond acceptors (Lipinski definition) is 6. The lowest BCUT2D eigenvalue weighted by atomic mass is 9.87. The van der Waals surface area contributed by atoms with Crippen LogP contribution in [0.1, 0.15) is 132 Å². The molecule has 0 rings (SSSR count). The Kier molecular flexibility index (Phi) is 19.6. The van der Waals surface area contributed by atoms with Crippen molar-refractivity contribution in [3.8, 4) is 0 Å². The molecule has 0 heterocycles. The Labute approximate surface area is 221 Å². The molecule has 0 saturated carbocycles. The van der Waals surface area contributed by atoms with Crippen LogP contribution in [0.3, 0.4) is 0 Å². The van der Waals surface area contributed by atoms with E-state index in [1.165, 1.54) is 0 Å². The van der Waals surface area contributed by atoms with Gasteiger partial charge in [0, 0.05) is 0 Å². The number of esters is 3. The van der Waals surface area contributed by atoms with Crippen LogP contribution >= 0.6 is 0 Å². The Morgan fingerprint density at radius 2 is 0.806 bits per heavy atom. The van der Waals surface area contributed by atoms with Crippen molar-refractivity contribution in [2.75, 3.05) is 19.8 Å². The van der Waals surface area contributed by atoms with Gasteiger partial charge in [0.05, 0.1) is 23.2 Å². The van der Waals surface area contributed by atoms with Crippen LogP contribution in [0.5, 0.6) is 0 Å². The average molecular weight is 513 g/mol. The van der Waals surface area contributed by atoms with Gasteiger partial charge in [-0.3, -0.25) is 14.4 Å². The van der Waals surface area contributed by atoms with Gasteiger partial charge in [0.25, 0.3) is 0 Å². The maximum atomic E-state index is 12.8. The monoisotopic (exact) mass is 512 g/mol. The molecule has 0 radical (unpaired) electrons. The minimum atomic E-state index is -0.754. The number of carbonyl (C=O) groups is 3. The summed E-state index contributed by atoms with van der Waals surface area (Å²) in [4.78, 5) is 38.5. The number of ether oxygens (including phenoxy) is 3. The van der Waals surface area contributed by atoms with Crippen LogP contribution in [0.2, 0.25) is 0 Å². The second-order valence-electron chi connectivity index (χ2n) is 10.4. The Hall–Kier alpha value is -1.59. The highest BCUT2D eigenvalue weighted by Crippen LogP contribution is 2.28. The van der Waals surface area contributed by atoms with E-state index in [-0.39, 0.29) is 55.5 Å². The predicted molar refractivity (Wildman–Crippen MR) is 146 cm³/mol. The molecule has 0 aromatic rings. The van der Waals surface area contributed by atoms with Crippen molar-refractivity contribution in [1.82, 2.24) is 0 Å². The van der Waals surface area contributed by atoms with Crippen LogP contribution in [0, 0.1) is 23.2 Å². The van der Waals surface area contributed by atoms with Crippen LogP contribution in [0.25, 0.3) is 0 Å². The maximum Gasteiger partial charge on any atom is 0.308 e. The van der Waals surface area contributed by atoms with Crippen molar-refractivity contribution in [2.24, 2.45) is 23.2 Å². The van der Waals surface area contributed by atoms with Gasteiger partial charge in [0.1, 0.15) is 19.8 Å². The third-order valence-electron chi connectivity index (χ3n) is 7.51. The van der Waals surface area contributed by atoms with Gasteiger partial charge in [-0.15, -0.1) is 0 Å². The normalized spacial score (nSPS) is 14.1. The molecular formula is C30H56O6. The van der Waals surface area contributed by atoms with Crippen LogP contribution in [0.4, 0.5) is 0 Å². The van der Waals surface area contributed by atoms with Gasteiger partial charge in [-0.2, -0.15) is 0 Å². The summed E-state index contributed by atoms with van der Waals surface area (Å²) in [6.07, 6.45) is 11.2. The second-order valence-corrected chi connectivity index (χ2v) is 10.4. The average Bonchev–Trinajstić information content (AvgIpc) is 2.89. The molecule has 0 saturated heterocycles. The highest BCUT2D eigenvalue weighted by molar-refractivity contribution is 5.73. The van der Waals surface area contributed by atoms with E-state index in [1.54, 1.807) is 0 Å². The zero-order valence-electron chi connectivity index (χ0n) is 24.5. The first-order chi connectivity index (χ1) is 17.3. The summed E-state index contributed by atoms with van der Waals surface area (Å²) in [5, 5.41) is 0. The Morgan fingerprint density at radius 1 is 0.528 bits per heavy atom. The lowest BCUT2D eigenvalue weighted by Gasteiger charge is -2.32. The third-order valence-corrected chi connectivity index (χ3v) is 7.51. The zero-order chi connectivity index (χ0) is 27.4. The van der Waals surface area contributed by atoms with Gasteiger partial charge < -0.3 is 14.2 Å². The molecular weight excluding hydrogens is 456 g/mol. The maximum absolute atomic E-state index is 12.8. The fourth-order valence-corrected chi connectivity index (χ4v) is 4.27. The van der Waals surface area contributed by atoms with Gasteiger partial charge in [-0.05, 0) is 44.9 Å². The molecule has 0 fully saturated rings. The molecule has 36 heavy (non-hydrogen) atoms. The molecule has 212 valence electrons. The lowest BCUT2D eigenvalue weighted by Crippen LogP contribution is -2.40. The minimum Gasteiger partial charge on any atom is -0.465 e. The van der Waals surface area contributed by atoms with E-state index >= 15 is 0 Å². The van der Waals surface area contributed by atoms with E-state index < -0.39 is 5.41 Å². The first-order valence-corrected chi connectivity index (χ1v) is 14.8. The number of hydrogen-bond donors (Lipinski definition) is 0. The van der Waals surface area contributed by atoms with E-state index in [0.29, 0.717) is 6.42 Å². The molecule has 6 heteroatoms. The summed E-state index contributed by atoms with van der Waals surface area (Å²) in [5.74, 6) is -1.06. The van der Waals surface area contributed by atoms with Crippen LogP contribution < -0.4 is 0 Å². The molecule has 0 bridgehead atoms. The van der Waals surface area contributed by atoms with Gasteiger partial charge in [0.15, 0.2) is 0 Å². The van der Waals surface area contributed by atoms with E-state index in [4.69, 9.17) is 14.2 Å². The summed E-state index contributed by atoms with van der Waals surface area (Å²) in [7, 11) is 0. The Morgan fingerprint density at radius 3 is 1.00 bits per heavy atom. The Bertz CT molecular complexity index is 523. The molecule has 0 spiro atoms. The molecule has 0 aromatic carbocycles. The fourth-order valence-electron chi connectivity index (χ4n) is 4.27. The first kappa shape index (κ1) is 34.4. The van der Waals surface area contributed by atoms with E-state index in [9.17, 15) is 14.4 Å². The third kappa shape index (κ3) is 13.1. The van der Waals surface area contributed by atoms with Gasteiger partial charge in [0.2, 0.25) is 0 Å². The smallest absolute Gasteiger partial charge is 0.308 e. The van der Waals surface area contributed by atoms with Crippen molar-refractivity contribution in [2.45, 2.75) is 132 Å². The van der Waals surface area contributed by atoms with E-state index in [1.807, 2.05) is 27.7 Å². The summed E-state index contributed by atoms with van der Waals surface area (Å²) in [5.41, 5.74) is -0.754. The number of carbonyl (C=O) groups excluding carboxylic acids is 3. The molecule has 0 aliphatic carbocycles. The van der Waals surface area contributed by atoms with Crippen molar-refractivity contribution in [3.05, 3.63) is 0 Å². The first-order valence-electron chi connectivity index (χ1n) is 14.8. The standard InChI is InChI=1S/C30H56O6/c1-8-15-18-24(11-4)27(31)34-21-30(14-7,22-35-28(32)25(12-5)19-16-9-2)23-36-29(33)26(13-6)20-17-10-3/h24-26H,8-23H2,1-7H3/t24-,25-,26-/m0/s1. The second kappa shape index (κ2) is 20.5. The van der Waals surface area contributed by atoms with Crippen molar-refractivity contribution >= 4 is 17.9 Å². The summed E-state index contributed by atoms with van der Waals surface area (Å²) >= 11 is 0. The fraction of sp³-hybridized carbons (Fsp3) is 0.900. The summed E-state index contributed by atoms with van der Waals surface area (Å²) < 4.78 is 17.4. The van der Waals surface area contributed by atoms with Gasteiger partial charge in [-0.25, -0.2) is 0 Å². The topological polar surface area (TPSA) is 78.9 Å². The van der Waals surface area contributed by atoms with Crippen molar-refractivity contribution < 1.29 is 28.6 Å². The summed E-state index contributed by atoms with van der Waals surface area (Å²) in [6.45, 7) is 14.5. The predicted octanol–water partition coefficient (Wildman–Crippen LogP) is 7.66. The highest BCUT2D eigenvalue weighted by Gasteiger charge is 2.36. The van der Waals surface area contributed by atoms with Crippen molar-refractivity contribution in [1.29, 1.82) is 0 Å². The molecule has 6 nitrogen and oxygen atoms in total. The van der Waals surface area contributed by atoms with Crippen molar-refractivity contribution in [3.63, 3.8) is 0 Å².